The summed E-state index contributed by atoms with van der Waals surface area (Å²) in [5.41, 5.74) is 0. The van der Waals surface area contributed by atoms with Crippen LogP contribution < -0.4 is 10.6 Å². The Bertz CT molecular complexity index is 370. The minimum atomic E-state index is 0.00785. The van der Waals surface area contributed by atoms with Gasteiger partial charge in [-0.15, -0.1) is 0 Å². The van der Waals surface area contributed by atoms with Gasteiger partial charge in [0.25, 0.3) is 0 Å². The van der Waals surface area contributed by atoms with E-state index in [4.69, 9.17) is 0 Å². The molecule has 1 fully saturated rings. The molecule has 1 aromatic rings. The first-order chi connectivity index (χ1) is 8.25. The number of aromatic nitrogens is 3. The largest absolute Gasteiger partial charge is 0.314 e. The molecule has 2 N–H and O–H groups in total. The summed E-state index contributed by atoms with van der Waals surface area (Å²) in [6, 6.07) is 0.494. The summed E-state index contributed by atoms with van der Waals surface area (Å²) in [6.07, 6.45) is 6.55. The molecule has 1 amide bonds. The Morgan fingerprint density at radius 1 is 1.65 bits per heavy atom. The number of rotatable bonds is 4. The highest BCUT2D eigenvalue weighted by Crippen LogP contribution is 2.12. The molecule has 0 bridgehead atoms. The van der Waals surface area contributed by atoms with Gasteiger partial charge in [-0.05, 0) is 25.8 Å². The third-order valence-electron chi connectivity index (χ3n) is 3.09. The number of nitrogens with zero attached hydrogens (tertiary/aromatic N) is 3. The fourth-order valence-corrected chi connectivity index (χ4v) is 2.07. The molecule has 1 aliphatic heterocycles. The topological polar surface area (TPSA) is 71.8 Å². The van der Waals surface area contributed by atoms with Gasteiger partial charge in [0.05, 0.1) is 0 Å². The summed E-state index contributed by atoms with van der Waals surface area (Å²) >= 11 is 0. The standard InChI is InChI=1S/C11H19N5O/c1-16-11(13-8-14-16)15-10(17)6-5-9-4-2-3-7-12-9/h8-9,12H,2-7H2,1H3,(H,13,14,15,17). The summed E-state index contributed by atoms with van der Waals surface area (Å²) in [5, 5.41) is 10.1. The Kier molecular flexibility index (Phi) is 4.08. The van der Waals surface area contributed by atoms with Crippen molar-refractivity contribution in [2.45, 2.75) is 38.1 Å². The lowest BCUT2D eigenvalue weighted by molar-refractivity contribution is -0.116. The molecule has 2 rings (SSSR count). The molecule has 1 unspecified atom stereocenters. The van der Waals surface area contributed by atoms with E-state index < -0.39 is 0 Å². The van der Waals surface area contributed by atoms with Gasteiger partial charge in [-0.3, -0.25) is 10.1 Å². The van der Waals surface area contributed by atoms with Crippen molar-refractivity contribution >= 4 is 11.9 Å². The quantitative estimate of drug-likeness (QED) is 0.807. The van der Waals surface area contributed by atoms with Gasteiger partial charge >= 0.3 is 0 Å². The van der Waals surface area contributed by atoms with Crippen LogP contribution in [0.1, 0.15) is 32.1 Å². The van der Waals surface area contributed by atoms with Crippen molar-refractivity contribution < 1.29 is 4.79 Å². The second kappa shape index (κ2) is 5.77. The lowest BCUT2D eigenvalue weighted by Gasteiger charge is -2.22. The lowest BCUT2D eigenvalue weighted by Crippen LogP contribution is -2.34. The molecule has 2 heterocycles. The van der Waals surface area contributed by atoms with Gasteiger partial charge in [-0.25, -0.2) is 4.68 Å². The van der Waals surface area contributed by atoms with Crippen LogP contribution in [0.4, 0.5) is 5.95 Å². The number of carbonyl (C=O) groups is 1. The number of nitrogens with one attached hydrogen (secondary N) is 2. The van der Waals surface area contributed by atoms with Crippen molar-refractivity contribution in [3.8, 4) is 0 Å². The molecule has 1 aromatic heterocycles. The Hall–Kier alpha value is -1.43. The Labute approximate surface area is 101 Å². The van der Waals surface area contributed by atoms with Crippen LogP contribution >= 0.6 is 0 Å². The number of aryl methyl sites for hydroxylation is 1. The van der Waals surface area contributed by atoms with Crippen LogP contribution in [0.15, 0.2) is 6.33 Å². The van der Waals surface area contributed by atoms with E-state index in [2.05, 4.69) is 20.7 Å². The second-order valence-corrected chi connectivity index (χ2v) is 4.44. The number of amides is 1. The molecule has 0 aliphatic carbocycles. The highest BCUT2D eigenvalue weighted by molar-refractivity contribution is 5.88. The summed E-state index contributed by atoms with van der Waals surface area (Å²) < 4.78 is 1.55. The zero-order valence-corrected chi connectivity index (χ0v) is 10.1. The van der Waals surface area contributed by atoms with E-state index in [1.165, 1.54) is 25.6 Å². The third kappa shape index (κ3) is 3.52. The summed E-state index contributed by atoms with van der Waals surface area (Å²) in [4.78, 5) is 15.6. The van der Waals surface area contributed by atoms with Crippen molar-refractivity contribution in [3.05, 3.63) is 6.33 Å². The van der Waals surface area contributed by atoms with Crippen molar-refractivity contribution in [1.29, 1.82) is 0 Å². The maximum absolute atomic E-state index is 11.7. The van der Waals surface area contributed by atoms with Gasteiger partial charge < -0.3 is 5.32 Å². The smallest absolute Gasteiger partial charge is 0.227 e. The zero-order chi connectivity index (χ0) is 12.1. The maximum atomic E-state index is 11.7. The van der Waals surface area contributed by atoms with Crippen molar-refractivity contribution in [2.24, 2.45) is 7.05 Å². The monoisotopic (exact) mass is 237 g/mol. The van der Waals surface area contributed by atoms with Crippen molar-refractivity contribution in [1.82, 2.24) is 20.1 Å². The first kappa shape index (κ1) is 12.0. The molecular formula is C11H19N5O. The Morgan fingerprint density at radius 2 is 2.53 bits per heavy atom. The molecule has 17 heavy (non-hydrogen) atoms. The van der Waals surface area contributed by atoms with E-state index in [0.717, 1.165) is 13.0 Å². The van der Waals surface area contributed by atoms with Gasteiger partial charge in [0.15, 0.2) is 0 Å². The molecular weight excluding hydrogens is 218 g/mol. The first-order valence-corrected chi connectivity index (χ1v) is 6.13. The number of piperidine rings is 1. The van der Waals surface area contributed by atoms with Crippen LogP contribution in [-0.4, -0.2) is 33.3 Å². The van der Waals surface area contributed by atoms with Gasteiger partial charge in [0, 0.05) is 19.5 Å². The van der Waals surface area contributed by atoms with Crippen molar-refractivity contribution in [2.75, 3.05) is 11.9 Å². The van der Waals surface area contributed by atoms with Gasteiger partial charge in [0.2, 0.25) is 11.9 Å². The Balaban J connectivity index is 1.72. The van der Waals surface area contributed by atoms with Gasteiger partial charge in [0.1, 0.15) is 6.33 Å². The van der Waals surface area contributed by atoms with Crippen LogP contribution in [0.2, 0.25) is 0 Å². The number of hydrogen-bond donors (Lipinski definition) is 2. The second-order valence-electron chi connectivity index (χ2n) is 4.44. The minimum absolute atomic E-state index is 0.00785. The molecule has 6 nitrogen and oxygen atoms in total. The SMILES string of the molecule is Cn1ncnc1NC(=O)CCC1CCCCN1. The fraction of sp³-hybridized carbons (Fsp3) is 0.727. The van der Waals surface area contributed by atoms with Crippen LogP contribution in [0.3, 0.4) is 0 Å². The zero-order valence-electron chi connectivity index (χ0n) is 10.1. The Morgan fingerprint density at radius 3 is 3.18 bits per heavy atom. The van der Waals surface area contributed by atoms with E-state index in [9.17, 15) is 4.79 Å². The van der Waals surface area contributed by atoms with E-state index in [-0.39, 0.29) is 5.91 Å². The maximum Gasteiger partial charge on any atom is 0.227 e. The van der Waals surface area contributed by atoms with E-state index in [1.54, 1.807) is 11.7 Å². The van der Waals surface area contributed by atoms with Crippen LogP contribution in [0.25, 0.3) is 0 Å². The molecule has 6 heteroatoms. The average molecular weight is 237 g/mol. The molecule has 0 aromatic carbocycles. The summed E-state index contributed by atoms with van der Waals surface area (Å²) in [7, 11) is 1.76. The molecule has 0 radical (unpaired) electrons. The third-order valence-corrected chi connectivity index (χ3v) is 3.09. The summed E-state index contributed by atoms with van der Waals surface area (Å²) in [6.45, 7) is 1.08. The van der Waals surface area contributed by atoms with E-state index in [1.807, 2.05) is 0 Å². The number of carbonyl (C=O) groups excluding carboxylic acids is 1. The molecule has 0 spiro atoms. The van der Waals surface area contributed by atoms with Crippen molar-refractivity contribution in [3.63, 3.8) is 0 Å². The molecule has 94 valence electrons. The number of anilines is 1. The number of hydrogen-bond acceptors (Lipinski definition) is 4. The predicted molar refractivity (Wildman–Crippen MR) is 64.5 cm³/mol. The normalized spacial score (nSPS) is 20.2. The van der Waals surface area contributed by atoms with Gasteiger partial charge in [-0.2, -0.15) is 10.1 Å². The molecule has 1 atom stereocenters. The van der Waals surface area contributed by atoms with Crippen LogP contribution in [-0.2, 0) is 11.8 Å². The first-order valence-electron chi connectivity index (χ1n) is 6.13. The predicted octanol–water partition coefficient (Wildman–Crippen LogP) is 0.676. The average Bonchev–Trinajstić information content (AvgIpc) is 2.74. The minimum Gasteiger partial charge on any atom is -0.314 e. The highest BCUT2D eigenvalue weighted by atomic mass is 16.1. The van der Waals surface area contributed by atoms with Gasteiger partial charge in [-0.1, -0.05) is 6.42 Å². The highest BCUT2D eigenvalue weighted by Gasteiger charge is 2.14. The van der Waals surface area contributed by atoms with E-state index >= 15 is 0 Å². The van der Waals surface area contributed by atoms with Crippen LogP contribution in [0, 0.1) is 0 Å². The fourth-order valence-electron chi connectivity index (χ4n) is 2.07. The summed E-state index contributed by atoms with van der Waals surface area (Å²) in [5.74, 6) is 0.514. The van der Waals surface area contributed by atoms with Crippen LogP contribution in [0.5, 0.6) is 0 Å². The molecule has 1 saturated heterocycles. The van der Waals surface area contributed by atoms with E-state index in [0.29, 0.717) is 18.4 Å². The lowest BCUT2D eigenvalue weighted by atomic mass is 10.0. The molecule has 0 saturated carbocycles. The molecule has 1 aliphatic rings.